The molecule has 1 aromatic heterocycles. The molecule has 190 valence electrons. The Labute approximate surface area is 209 Å². The molecule has 2 aliphatic rings. The molecule has 4 N–H and O–H groups in total. The molecule has 1 saturated carbocycles. The molecule has 2 aromatic rings. The van der Waals surface area contributed by atoms with Crippen molar-refractivity contribution in [2.45, 2.75) is 91.2 Å². The average Bonchev–Trinajstić information content (AvgIpc) is 3.16. The van der Waals surface area contributed by atoms with Crippen molar-refractivity contribution in [3.63, 3.8) is 0 Å². The van der Waals surface area contributed by atoms with E-state index in [-0.39, 0.29) is 17.9 Å². The van der Waals surface area contributed by atoms with Crippen LogP contribution in [0.4, 0.5) is 5.69 Å². The van der Waals surface area contributed by atoms with Crippen LogP contribution < -0.4 is 15.8 Å². The molecule has 0 bridgehead atoms. The molecule has 1 heterocycles. The molecule has 1 aromatic carbocycles. The van der Waals surface area contributed by atoms with Gasteiger partial charge in [-0.3, -0.25) is 15.3 Å². The van der Waals surface area contributed by atoms with Crippen molar-refractivity contribution in [3.8, 4) is 5.75 Å². The molecule has 4 rings (SSSR count). The first-order valence-corrected chi connectivity index (χ1v) is 13.3. The standard InChI is InChI=1S/C29H41N3O3/c1-29(2,3)20-14-11-19(12-15-20)13-16-26(30)35-22-8-6-7-21(17-22)32-28(34)23-18-31-24-9-4-5-10-25(33)27(23)24/h6-8,17-20,26,31H,4-5,9-16,30H2,1-3H3,(H,32,34). The molecule has 1 unspecified atom stereocenters. The van der Waals surface area contributed by atoms with E-state index >= 15 is 0 Å². The minimum absolute atomic E-state index is 0.0406. The van der Waals surface area contributed by atoms with Crippen LogP contribution in [0.1, 0.15) is 105 Å². The van der Waals surface area contributed by atoms with Gasteiger partial charge in [-0.15, -0.1) is 0 Å². The van der Waals surface area contributed by atoms with E-state index in [9.17, 15) is 9.59 Å². The number of benzene rings is 1. The van der Waals surface area contributed by atoms with Gasteiger partial charge in [0.05, 0.1) is 11.1 Å². The highest BCUT2D eigenvalue weighted by molar-refractivity contribution is 6.13. The molecule has 2 aliphatic carbocycles. The minimum Gasteiger partial charge on any atom is -0.476 e. The fraction of sp³-hybridized carbons (Fsp3) is 0.586. The summed E-state index contributed by atoms with van der Waals surface area (Å²) in [6.07, 6.45) is 11.5. The van der Waals surface area contributed by atoms with Crippen LogP contribution in [0.3, 0.4) is 0 Å². The van der Waals surface area contributed by atoms with Crippen molar-refractivity contribution >= 4 is 17.4 Å². The van der Waals surface area contributed by atoms with Crippen LogP contribution in [0.5, 0.6) is 5.75 Å². The van der Waals surface area contributed by atoms with Crippen molar-refractivity contribution in [1.82, 2.24) is 4.98 Å². The van der Waals surface area contributed by atoms with Gasteiger partial charge < -0.3 is 15.0 Å². The number of H-pyrrole nitrogens is 1. The number of rotatable bonds is 7. The van der Waals surface area contributed by atoms with Crippen LogP contribution in [0.15, 0.2) is 30.5 Å². The molecular weight excluding hydrogens is 438 g/mol. The number of fused-ring (bicyclic) bond motifs is 1. The van der Waals surface area contributed by atoms with Crippen molar-refractivity contribution in [2.75, 3.05) is 5.32 Å². The Balaban J connectivity index is 1.29. The number of ether oxygens (including phenoxy) is 1. The number of aryl methyl sites for hydroxylation is 1. The van der Waals surface area contributed by atoms with Crippen LogP contribution >= 0.6 is 0 Å². The summed E-state index contributed by atoms with van der Waals surface area (Å²) in [5, 5.41) is 2.92. The molecule has 1 amide bonds. The predicted octanol–water partition coefficient (Wildman–Crippen LogP) is 6.47. The van der Waals surface area contributed by atoms with E-state index < -0.39 is 0 Å². The van der Waals surface area contributed by atoms with Crippen LogP contribution in [-0.2, 0) is 6.42 Å². The Hall–Kier alpha value is -2.60. The lowest BCUT2D eigenvalue weighted by Crippen LogP contribution is -2.29. The summed E-state index contributed by atoms with van der Waals surface area (Å²) in [4.78, 5) is 28.6. The number of aromatic nitrogens is 1. The van der Waals surface area contributed by atoms with Crippen LogP contribution in [0.25, 0.3) is 0 Å². The zero-order chi connectivity index (χ0) is 25.0. The number of carbonyl (C=O) groups excluding carboxylic acids is 2. The first-order chi connectivity index (χ1) is 16.7. The summed E-state index contributed by atoms with van der Waals surface area (Å²) in [7, 11) is 0. The van der Waals surface area contributed by atoms with Gasteiger partial charge in [-0.25, -0.2) is 0 Å². The number of hydrogen-bond donors (Lipinski definition) is 3. The van der Waals surface area contributed by atoms with Gasteiger partial charge in [0.25, 0.3) is 5.91 Å². The first-order valence-electron chi connectivity index (χ1n) is 13.3. The van der Waals surface area contributed by atoms with E-state index in [0.717, 1.165) is 49.6 Å². The first kappa shape index (κ1) is 25.5. The van der Waals surface area contributed by atoms with Crippen molar-refractivity contribution in [3.05, 3.63) is 47.3 Å². The van der Waals surface area contributed by atoms with E-state index in [4.69, 9.17) is 10.5 Å². The molecule has 0 saturated heterocycles. The fourth-order valence-electron chi connectivity index (χ4n) is 5.67. The highest BCUT2D eigenvalue weighted by Crippen LogP contribution is 2.41. The maximum Gasteiger partial charge on any atom is 0.257 e. The Morgan fingerprint density at radius 1 is 1.17 bits per heavy atom. The van der Waals surface area contributed by atoms with E-state index in [2.05, 4.69) is 31.1 Å². The molecule has 0 radical (unpaired) electrons. The number of aromatic amines is 1. The summed E-state index contributed by atoms with van der Waals surface area (Å²) in [5.74, 6) is 1.94. The molecular formula is C29H41N3O3. The van der Waals surface area contributed by atoms with Gasteiger partial charge in [0, 0.05) is 30.1 Å². The third kappa shape index (κ3) is 6.54. The quantitative estimate of drug-likeness (QED) is 0.313. The number of hydrogen-bond acceptors (Lipinski definition) is 4. The van der Waals surface area contributed by atoms with Crippen LogP contribution in [0, 0.1) is 17.3 Å². The average molecular weight is 480 g/mol. The molecule has 1 atom stereocenters. The Morgan fingerprint density at radius 2 is 1.91 bits per heavy atom. The monoisotopic (exact) mass is 479 g/mol. The van der Waals surface area contributed by atoms with E-state index in [1.807, 2.05) is 18.2 Å². The van der Waals surface area contributed by atoms with Crippen LogP contribution in [0.2, 0.25) is 0 Å². The lowest BCUT2D eigenvalue weighted by molar-refractivity contribution is 0.0965. The third-order valence-corrected chi connectivity index (χ3v) is 7.88. The van der Waals surface area contributed by atoms with Crippen molar-refractivity contribution in [1.29, 1.82) is 0 Å². The smallest absolute Gasteiger partial charge is 0.257 e. The maximum absolute atomic E-state index is 13.0. The normalized spacial score (nSPS) is 21.7. The SMILES string of the molecule is CC(C)(C)C1CCC(CCC(N)Oc2cccc(NC(=O)c3c[nH]c4c3C(=O)CCCC4)c2)CC1. The summed E-state index contributed by atoms with van der Waals surface area (Å²) >= 11 is 0. The number of nitrogens with two attached hydrogens (primary N) is 1. The molecule has 0 aliphatic heterocycles. The fourth-order valence-corrected chi connectivity index (χ4v) is 5.67. The second kappa shape index (κ2) is 11.0. The van der Waals surface area contributed by atoms with Gasteiger partial charge in [0.2, 0.25) is 0 Å². The number of anilines is 1. The lowest BCUT2D eigenvalue weighted by atomic mass is 9.69. The van der Waals surface area contributed by atoms with E-state index in [1.165, 1.54) is 25.7 Å². The van der Waals surface area contributed by atoms with Gasteiger partial charge >= 0.3 is 0 Å². The summed E-state index contributed by atoms with van der Waals surface area (Å²) in [6, 6.07) is 7.31. The van der Waals surface area contributed by atoms with Crippen molar-refractivity contribution < 1.29 is 14.3 Å². The third-order valence-electron chi connectivity index (χ3n) is 7.88. The summed E-state index contributed by atoms with van der Waals surface area (Å²) in [6.45, 7) is 7.06. The number of Topliss-reactive ketones (excluding diaryl/α,β-unsaturated/α-hetero) is 1. The van der Waals surface area contributed by atoms with Gasteiger partial charge in [-0.2, -0.15) is 0 Å². The molecule has 6 heteroatoms. The molecule has 1 fully saturated rings. The van der Waals surface area contributed by atoms with Crippen LogP contribution in [-0.4, -0.2) is 22.9 Å². The minimum atomic E-state index is -0.376. The number of amides is 1. The Morgan fingerprint density at radius 3 is 2.66 bits per heavy atom. The second-order valence-electron chi connectivity index (χ2n) is 11.5. The maximum atomic E-state index is 13.0. The zero-order valence-corrected chi connectivity index (χ0v) is 21.5. The van der Waals surface area contributed by atoms with Gasteiger partial charge in [0.15, 0.2) is 5.78 Å². The highest BCUT2D eigenvalue weighted by atomic mass is 16.5. The zero-order valence-electron chi connectivity index (χ0n) is 21.5. The highest BCUT2D eigenvalue weighted by Gasteiger charge is 2.30. The van der Waals surface area contributed by atoms with E-state index in [0.29, 0.717) is 34.4 Å². The summed E-state index contributed by atoms with van der Waals surface area (Å²) < 4.78 is 5.98. The van der Waals surface area contributed by atoms with E-state index in [1.54, 1.807) is 12.3 Å². The number of carbonyl (C=O) groups is 2. The molecule has 0 spiro atoms. The summed E-state index contributed by atoms with van der Waals surface area (Å²) in [5.41, 5.74) is 9.16. The van der Waals surface area contributed by atoms with Gasteiger partial charge in [0.1, 0.15) is 12.0 Å². The number of ketones is 1. The largest absolute Gasteiger partial charge is 0.476 e. The lowest BCUT2D eigenvalue weighted by Gasteiger charge is -2.37. The predicted molar refractivity (Wildman–Crippen MR) is 140 cm³/mol. The van der Waals surface area contributed by atoms with Gasteiger partial charge in [-0.05, 0) is 74.3 Å². The molecule has 6 nitrogen and oxygen atoms in total. The van der Waals surface area contributed by atoms with Gasteiger partial charge in [-0.1, -0.05) is 39.7 Å². The Kier molecular flexibility index (Phi) is 8.00. The topological polar surface area (TPSA) is 97.2 Å². The second-order valence-corrected chi connectivity index (χ2v) is 11.5. The van der Waals surface area contributed by atoms with Crippen molar-refractivity contribution in [2.24, 2.45) is 23.0 Å². The Bertz CT molecular complexity index is 1030. The number of nitrogens with one attached hydrogen (secondary N) is 2. The molecule has 35 heavy (non-hydrogen) atoms.